The van der Waals surface area contributed by atoms with Crippen LogP contribution in [0.2, 0.25) is 0 Å². The summed E-state index contributed by atoms with van der Waals surface area (Å²) in [6.45, 7) is -0.392. The third-order valence-corrected chi connectivity index (χ3v) is 5.31. The summed E-state index contributed by atoms with van der Waals surface area (Å²) in [6.07, 6.45) is -2.37. The average Bonchev–Trinajstić information content (AvgIpc) is 2.50. The number of rotatable bonds is 2. The van der Waals surface area contributed by atoms with Gasteiger partial charge in [0.1, 0.15) is 0 Å². The number of halogens is 2. The van der Waals surface area contributed by atoms with Crippen LogP contribution in [0.25, 0.3) is 0 Å². The van der Waals surface area contributed by atoms with Gasteiger partial charge in [0, 0.05) is 17.7 Å². The molecule has 0 bridgehead atoms. The lowest BCUT2D eigenvalue weighted by Crippen LogP contribution is -2.29. The van der Waals surface area contributed by atoms with Gasteiger partial charge in [0.05, 0.1) is 24.4 Å². The topological polar surface area (TPSA) is 71.1 Å². The van der Waals surface area contributed by atoms with Gasteiger partial charge in [-0.3, -0.25) is 18.1 Å². The first-order chi connectivity index (χ1) is 7.69. The van der Waals surface area contributed by atoms with Gasteiger partial charge in [-0.1, -0.05) is 0 Å². The summed E-state index contributed by atoms with van der Waals surface area (Å²) < 4.78 is 54.3. The van der Waals surface area contributed by atoms with Crippen molar-refractivity contribution < 1.29 is 31.4 Å². The highest BCUT2D eigenvalue weighted by atomic mass is 35.7. The van der Waals surface area contributed by atoms with Crippen LogP contribution in [0.4, 0.5) is 4.20 Å². The molecule has 0 spiro atoms. The molecule has 0 amide bonds. The van der Waals surface area contributed by atoms with Crippen molar-refractivity contribution in [3.05, 3.63) is 0 Å². The molecule has 17 heavy (non-hydrogen) atoms. The summed E-state index contributed by atoms with van der Waals surface area (Å²) in [5.41, 5.74) is 0. The van der Waals surface area contributed by atoms with Gasteiger partial charge >= 0.3 is 14.9 Å². The van der Waals surface area contributed by atoms with Gasteiger partial charge < -0.3 is 0 Å². The predicted octanol–water partition coefficient (Wildman–Crippen LogP) is 3.41. The van der Waals surface area contributed by atoms with Crippen LogP contribution >= 0.6 is 26.1 Å². The zero-order valence-corrected chi connectivity index (χ0v) is 11.7. The van der Waals surface area contributed by atoms with E-state index < -0.39 is 39.3 Å². The van der Waals surface area contributed by atoms with E-state index >= 15 is 0 Å². The van der Waals surface area contributed by atoms with E-state index in [1.807, 2.05) is 0 Å². The Hall–Kier alpha value is 0.520. The van der Waals surface area contributed by atoms with E-state index in [-0.39, 0.29) is 6.42 Å². The van der Waals surface area contributed by atoms with Crippen LogP contribution in [0.1, 0.15) is 20.3 Å². The standard InChI is InChI=1S/C7H12ClFO6P2/c1-4-6(14-16(8,10)12-4)3-7-5(2)13-17(9,11)15-7/h4-7H,3H2,1-2H3. The van der Waals surface area contributed by atoms with Crippen molar-refractivity contribution in [2.45, 2.75) is 44.7 Å². The Morgan fingerprint density at radius 2 is 1.59 bits per heavy atom. The lowest BCUT2D eigenvalue weighted by atomic mass is 10.0. The van der Waals surface area contributed by atoms with Crippen molar-refractivity contribution in [3.8, 4) is 0 Å². The van der Waals surface area contributed by atoms with Crippen LogP contribution in [0, 0.1) is 0 Å². The smallest absolute Gasteiger partial charge is 0.291 e. The molecule has 0 aromatic rings. The summed E-state index contributed by atoms with van der Waals surface area (Å²) in [6, 6.07) is 0. The summed E-state index contributed by atoms with van der Waals surface area (Å²) in [7, 11) is -4.46. The van der Waals surface area contributed by atoms with Crippen LogP contribution in [-0.2, 0) is 27.2 Å². The molecule has 0 aromatic heterocycles. The molecule has 2 fully saturated rings. The van der Waals surface area contributed by atoms with E-state index in [0.717, 1.165) is 0 Å². The van der Waals surface area contributed by atoms with Gasteiger partial charge in [0.25, 0.3) is 0 Å². The fourth-order valence-electron chi connectivity index (χ4n) is 1.78. The van der Waals surface area contributed by atoms with E-state index in [0.29, 0.717) is 0 Å². The van der Waals surface area contributed by atoms with E-state index in [2.05, 4.69) is 9.05 Å². The van der Waals surface area contributed by atoms with Crippen LogP contribution in [-0.4, -0.2) is 24.4 Å². The molecule has 2 aliphatic heterocycles. The molecule has 0 N–H and O–H groups in total. The normalized spacial score (nSPS) is 55.3. The average molecular weight is 309 g/mol. The molecule has 100 valence electrons. The molecule has 6 atom stereocenters. The lowest BCUT2D eigenvalue weighted by molar-refractivity contribution is 0.0842. The summed E-state index contributed by atoms with van der Waals surface area (Å²) in [4.78, 5) is 0. The minimum Gasteiger partial charge on any atom is -0.291 e. The van der Waals surface area contributed by atoms with Crippen molar-refractivity contribution >= 4 is 26.1 Å². The monoisotopic (exact) mass is 308 g/mol. The van der Waals surface area contributed by atoms with Gasteiger partial charge in [-0.15, -0.1) is 4.20 Å². The second-order valence-electron chi connectivity index (χ2n) is 4.01. The Bertz CT molecular complexity index is 370. The van der Waals surface area contributed by atoms with E-state index in [1.165, 1.54) is 6.92 Å². The van der Waals surface area contributed by atoms with Crippen LogP contribution < -0.4 is 0 Å². The minimum absolute atomic E-state index is 0.146. The number of hydrogen-bond donors (Lipinski definition) is 0. The Kier molecular flexibility index (Phi) is 3.74. The summed E-state index contributed by atoms with van der Waals surface area (Å²) >= 11 is 5.45. The van der Waals surface area contributed by atoms with Crippen molar-refractivity contribution in [1.82, 2.24) is 0 Å². The molecule has 2 saturated heterocycles. The highest BCUT2D eigenvalue weighted by molar-refractivity contribution is 7.81. The highest BCUT2D eigenvalue weighted by Gasteiger charge is 2.48. The molecule has 2 rings (SSSR count). The molecule has 0 radical (unpaired) electrons. The molecule has 6 unspecified atom stereocenters. The van der Waals surface area contributed by atoms with Gasteiger partial charge in [0.15, 0.2) is 0 Å². The molecule has 10 heteroatoms. The first-order valence-corrected chi connectivity index (χ1v) is 8.90. The largest absolute Gasteiger partial charge is 0.513 e. The Balaban J connectivity index is 1.99. The summed E-state index contributed by atoms with van der Waals surface area (Å²) in [5.74, 6) is 0. The second-order valence-corrected chi connectivity index (χ2v) is 7.81. The van der Waals surface area contributed by atoms with Crippen molar-refractivity contribution in [2.24, 2.45) is 0 Å². The van der Waals surface area contributed by atoms with Crippen molar-refractivity contribution in [2.75, 3.05) is 0 Å². The predicted molar refractivity (Wildman–Crippen MR) is 57.6 cm³/mol. The molecule has 0 saturated carbocycles. The molecular weight excluding hydrogens is 296 g/mol. The summed E-state index contributed by atoms with van der Waals surface area (Å²) in [5, 5.41) is 0. The zero-order valence-electron chi connectivity index (χ0n) is 9.12. The number of hydrogen-bond acceptors (Lipinski definition) is 6. The van der Waals surface area contributed by atoms with Crippen LogP contribution in [0.15, 0.2) is 0 Å². The second kappa shape index (κ2) is 4.57. The van der Waals surface area contributed by atoms with Crippen molar-refractivity contribution in [3.63, 3.8) is 0 Å². The van der Waals surface area contributed by atoms with E-state index in [4.69, 9.17) is 20.3 Å². The quantitative estimate of drug-likeness (QED) is 0.728. The molecule has 0 aliphatic carbocycles. The molecule has 2 aliphatic rings. The zero-order chi connectivity index (χ0) is 12.8. The van der Waals surface area contributed by atoms with E-state index in [9.17, 15) is 13.3 Å². The fourth-order valence-corrected chi connectivity index (χ4v) is 4.79. The SMILES string of the molecule is CC1OP(=O)(F)OC1CC1OP(=O)(Cl)OC1C. The molecule has 6 nitrogen and oxygen atoms in total. The maximum absolute atomic E-state index is 13.0. The van der Waals surface area contributed by atoms with Gasteiger partial charge in [-0.05, 0) is 13.8 Å². The lowest BCUT2D eigenvalue weighted by Gasteiger charge is -2.17. The maximum Gasteiger partial charge on any atom is 0.513 e. The third kappa shape index (κ3) is 3.29. The minimum atomic E-state index is -4.46. The third-order valence-electron chi connectivity index (χ3n) is 2.62. The van der Waals surface area contributed by atoms with E-state index in [1.54, 1.807) is 6.92 Å². The Morgan fingerprint density at radius 1 is 1.06 bits per heavy atom. The molecule has 0 aromatic carbocycles. The first-order valence-electron chi connectivity index (χ1n) is 5.01. The first kappa shape index (κ1) is 13.9. The highest BCUT2D eigenvalue weighted by Crippen LogP contribution is 2.63. The maximum atomic E-state index is 13.0. The molecule has 2 heterocycles. The van der Waals surface area contributed by atoms with Gasteiger partial charge in [-0.25, -0.2) is 9.13 Å². The Morgan fingerprint density at radius 3 is 2.00 bits per heavy atom. The van der Waals surface area contributed by atoms with Gasteiger partial charge in [-0.2, -0.15) is 0 Å². The molecular formula is C7H12ClFO6P2. The van der Waals surface area contributed by atoms with Crippen LogP contribution in [0.3, 0.4) is 0 Å². The Labute approximate surface area is 103 Å². The fraction of sp³-hybridized carbons (Fsp3) is 1.00. The van der Waals surface area contributed by atoms with Gasteiger partial charge in [0.2, 0.25) is 0 Å². The van der Waals surface area contributed by atoms with Crippen LogP contribution in [0.5, 0.6) is 0 Å². The van der Waals surface area contributed by atoms with Crippen molar-refractivity contribution in [1.29, 1.82) is 0 Å².